The topological polar surface area (TPSA) is 77.5 Å². The first-order chi connectivity index (χ1) is 8.04. The van der Waals surface area contributed by atoms with Crippen LogP contribution < -0.4 is 5.14 Å². The van der Waals surface area contributed by atoms with E-state index in [1.54, 1.807) is 18.3 Å². The summed E-state index contributed by atoms with van der Waals surface area (Å²) in [5.74, 6) is 0.812. The summed E-state index contributed by atoms with van der Waals surface area (Å²) in [5.41, 5.74) is 0.593. The molecule has 0 aliphatic carbocycles. The van der Waals surface area contributed by atoms with Gasteiger partial charge in [-0.15, -0.1) is 11.8 Å². The summed E-state index contributed by atoms with van der Waals surface area (Å²) < 4.78 is 24.7. The van der Waals surface area contributed by atoms with Gasteiger partial charge in [0.1, 0.15) is 10.7 Å². The summed E-state index contributed by atoms with van der Waals surface area (Å²) in [7, 11) is -3.77. The van der Waals surface area contributed by atoms with Gasteiger partial charge in [0.05, 0.1) is 0 Å². The Morgan fingerprint density at radius 3 is 2.88 bits per heavy atom. The van der Waals surface area contributed by atoms with Crippen molar-refractivity contribution < 1.29 is 8.42 Å². The van der Waals surface area contributed by atoms with Crippen LogP contribution in [0.3, 0.4) is 0 Å². The zero-order chi connectivity index (χ0) is 12.5. The molecule has 2 heterocycles. The van der Waals surface area contributed by atoms with Crippen molar-refractivity contribution in [1.82, 2.24) is 9.38 Å². The van der Waals surface area contributed by atoms with Crippen LogP contribution in [0.2, 0.25) is 0 Å². The van der Waals surface area contributed by atoms with Crippen molar-refractivity contribution in [3.8, 4) is 0 Å². The van der Waals surface area contributed by atoms with Crippen molar-refractivity contribution in [2.75, 3.05) is 5.75 Å². The van der Waals surface area contributed by atoms with Gasteiger partial charge in [-0.1, -0.05) is 13.0 Å². The minimum atomic E-state index is -3.77. The highest BCUT2D eigenvalue weighted by Crippen LogP contribution is 2.26. The van der Waals surface area contributed by atoms with Crippen LogP contribution in [0, 0.1) is 0 Å². The third-order valence-electron chi connectivity index (χ3n) is 2.17. The van der Waals surface area contributed by atoms with Crippen molar-refractivity contribution >= 4 is 27.4 Å². The van der Waals surface area contributed by atoms with E-state index in [1.807, 2.05) is 13.0 Å². The van der Waals surface area contributed by atoms with E-state index in [-0.39, 0.29) is 5.03 Å². The average molecular weight is 271 g/mol. The Bertz CT molecular complexity index is 634. The number of fused-ring (bicyclic) bond motifs is 1. The molecule has 2 N–H and O–H groups in total. The third-order valence-corrected chi connectivity index (χ3v) is 4.40. The average Bonchev–Trinajstić information content (AvgIpc) is 2.63. The molecular formula is C10H13N3O2S2. The highest BCUT2D eigenvalue weighted by atomic mass is 32.2. The molecule has 0 aliphatic heterocycles. The van der Waals surface area contributed by atoms with Crippen molar-refractivity contribution in [3.05, 3.63) is 24.4 Å². The van der Waals surface area contributed by atoms with E-state index >= 15 is 0 Å². The zero-order valence-corrected chi connectivity index (χ0v) is 11.0. The molecule has 2 aromatic rings. The van der Waals surface area contributed by atoms with E-state index in [4.69, 9.17) is 5.14 Å². The Morgan fingerprint density at radius 2 is 2.24 bits per heavy atom. The van der Waals surface area contributed by atoms with Crippen molar-refractivity contribution in [1.29, 1.82) is 0 Å². The molecular weight excluding hydrogens is 258 g/mol. The molecule has 0 fully saturated rings. The molecule has 0 amide bonds. The number of hydrogen-bond acceptors (Lipinski definition) is 4. The van der Waals surface area contributed by atoms with Crippen LogP contribution in [0.1, 0.15) is 13.3 Å². The molecule has 7 heteroatoms. The van der Waals surface area contributed by atoms with Crippen LogP contribution in [-0.2, 0) is 10.0 Å². The van der Waals surface area contributed by atoms with Gasteiger partial charge in [-0.3, -0.25) is 4.40 Å². The second-order valence-electron chi connectivity index (χ2n) is 3.54. The van der Waals surface area contributed by atoms with Crippen LogP contribution in [0.15, 0.2) is 34.4 Å². The molecule has 2 rings (SSSR count). The zero-order valence-electron chi connectivity index (χ0n) is 9.33. The Hall–Kier alpha value is -1.05. The maximum atomic E-state index is 11.6. The highest BCUT2D eigenvalue weighted by molar-refractivity contribution is 8.00. The summed E-state index contributed by atoms with van der Waals surface area (Å²) in [6.45, 7) is 2.03. The smallest absolute Gasteiger partial charge is 0.256 e. The molecule has 0 bridgehead atoms. The van der Waals surface area contributed by atoms with Gasteiger partial charge in [0.2, 0.25) is 0 Å². The molecule has 0 spiro atoms. The van der Waals surface area contributed by atoms with E-state index in [0.29, 0.717) is 10.7 Å². The lowest BCUT2D eigenvalue weighted by Crippen LogP contribution is -2.15. The fourth-order valence-electron chi connectivity index (χ4n) is 1.50. The lowest BCUT2D eigenvalue weighted by Gasteiger charge is -2.01. The second-order valence-corrected chi connectivity index (χ2v) is 6.10. The monoisotopic (exact) mass is 271 g/mol. The molecule has 0 atom stereocenters. The van der Waals surface area contributed by atoms with Gasteiger partial charge in [-0.25, -0.2) is 18.5 Å². The van der Waals surface area contributed by atoms with Gasteiger partial charge in [-0.2, -0.15) is 0 Å². The van der Waals surface area contributed by atoms with Crippen LogP contribution in [0.4, 0.5) is 0 Å². The van der Waals surface area contributed by atoms with Gasteiger partial charge >= 0.3 is 0 Å². The van der Waals surface area contributed by atoms with Gasteiger partial charge < -0.3 is 0 Å². The summed E-state index contributed by atoms with van der Waals surface area (Å²) in [4.78, 5) is 4.28. The lowest BCUT2D eigenvalue weighted by molar-refractivity contribution is 0.590. The first kappa shape index (κ1) is 12.4. The van der Waals surface area contributed by atoms with Gasteiger partial charge in [0.25, 0.3) is 10.0 Å². The number of imidazole rings is 1. The SMILES string of the molecule is CCCSc1nc2ccccn2c1S(N)(=O)=O. The van der Waals surface area contributed by atoms with Crippen LogP contribution in [-0.4, -0.2) is 23.6 Å². The van der Waals surface area contributed by atoms with E-state index in [9.17, 15) is 8.42 Å². The Balaban J connectivity index is 2.66. The van der Waals surface area contributed by atoms with Crippen molar-refractivity contribution in [3.63, 3.8) is 0 Å². The molecule has 0 unspecified atom stereocenters. The minimum Gasteiger partial charge on any atom is -0.288 e. The molecule has 0 saturated heterocycles. The Kier molecular flexibility index (Phi) is 3.41. The number of rotatable bonds is 4. The second kappa shape index (κ2) is 4.67. The van der Waals surface area contributed by atoms with Gasteiger partial charge in [0.15, 0.2) is 5.03 Å². The molecule has 0 aliphatic rings. The molecule has 0 radical (unpaired) electrons. The van der Waals surface area contributed by atoms with Crippen LogP contribution in [0.25, 0.3) is 5.65 Å². The third kappa shape index (κ3) is 2.46. The van der Waals surface area contributed by atoms with Crippen molar-refractivity contribution in [2.24, 2.45) is 5.14 Å². The van der Waals surface area contributed by atoms with Crippen LogP contribution in [0.5, 0.6) is 0 Å². The molecule has 5 nitrogen and oxygen atoms in total. The summed E-state index contributed by atoms with van der Waals surface area (Å²) in [6, 6.07) is 5.31. The molecule has 0 saturated carbocycles. The van der Waals surface area contributed by atoms with Gasteiger partial charge in [0, 0.05) is 6.20 Å². The Morgan fingerprint density at radius 1 is 1.47 bits per heavy atom. The molecule has 92 valence electrons. The highest BCUT2D eigenvalue weighted by Gasteiger charge is 2.21. The number of pyridine rings is 1. The molecule has 0 aromatic carbocycles. The number of nitrogens with two attached hydrogens (primary N) is 1. The van der Waals surface area contributed by atoms with E-state index in [1.165, 1.54) is 16.2 Å². The summed E-state index contributed by atoms with van der Waals surface area (Å²) >= 11 is 1.41. The number of primary sulfonamides is 1. The minimum absolute atomic E-state index is 0.0755. The largest absolute Gasteiger partial charge is 0.288 e. The molecule has 17 heavy (non-hydrogen) atoms. The van der Waals surface area contributed by atoms with E-state index in [0.717, 1.165) is 12.2 Å². The number of nitrogens with zero attached hydrogens (tertiary/aromatic N) is 2. The summed E-state index contributed by atoms with van der Waals surface area (Å²) in [6.07, 6.45) is 2.60. The Labute approximate surface area is 104 Å². The number of aromatic nitrogens is 2. The molecule has 2 aromatic heterocycles. The number of thioether (sulfide) groups is 1. The standard InChI is InChI=1S/C10H13N3O2S2/c1-2-7-16-9-10(17(11,14)15)13-6-4-3-5-8(13)12-9/h3-6H,2,7H2,1H3,(H2,11,14,15). The first-order valence-electron chi connectivity index (χ1n) is 5.16. The lowest BCUT2D eigenvalue weighted by atomic mass is 10.5. The first-order valence-corrected chi connectivity index (χ1v) is 7.70. The quantitative estimate of drug-likeness (QED) is 0.854. The maximum Gasteiger partial charge on any atom is 0.256 e. The normalized spacial score (nSPS) is 12.1. The fraction of sp³-hybridized carbons (Fsp3) is 0.300. The van der Waals surface area contributed by atoms with E-state index in [2.05, 4.69) is 4.98 Å². The predicted molar refractivity (Wildman–Crippen MR) is 67.6 cm³/mol. The van der Waals surface area contributed by atoms with Crippen LogP contribution >= 0.6 is 11.8 Å². The van der Waals surface area contributed by atoms with Gasteiger partial charge in [-0.05, 0) is 24.3 Å². The fourth-order valence-corrected chi connectivity index (χ4v) is 3.52. The van der Waals surface area contributed by atoms with E-state index < -0.39 is 10.0 Å². The number of sulfonamides is 1. The predicted octanol–water partition coefficient (Wildman–Crippen LogP) is 1.48. The maximum absolute atomic E-state index is 11.6. The van der Waals surface area contributed by atoms with Crippen molar-refractivity contribution in [2.45, 2.75) is 23.4 Å². The number of hydrogen-bond donors (Lipinski definition) is 1. The summed E-state index contributed by atoms with van der Waals surface area (Å²) in [5, 5.41) is 5.79.